The minimum absolute atomic E-state index is 0.00984. The molecule has 1 atom stereocenters. The molecule has 1 heterocycles. The Bertz CT molecular complexity index is 591. The van der Waals surface area contributed by atoms with E-state index < -0.39 is 0 Å². The third-order valence-corrected chi connectivity index (χ3v) is 4.16. The minimum atomic E-state index is -0.299. The van der Waals surface area contributed by atoms with Crippen molar-refractivity contribution in [2.75, 3.05) is 11.9 Å². The van der Waals surface area contributed by atoms with Gasteiger partial charge in [0.15, 0.2) is 5.78 Å². The first-order valence-electron chi connectivity index (χ1n) is 7.93. The molecule has 1 amide bonds. The fourth-order valence-electron chi connectivity index (χ4n) is 3.09. The molecule has 1 aromatic rings. The van der Waals surface area contributed by atoms with E-state index in [0.717, 1.165) is 6.42 Å². The molecular weight excluding hydrogens is 292 g/mol. The van der Waals surface area contributed by atoms with Gasteiger partial charge in [-0.2, -0.15) is 0 Å². The van der Waals surface area contributed by atoms with Gasteiger partial charge in [0.05, 0.1) is 17.7 Å². The molecule has 0 bridgehead atoms. The predicted octanol–water partition coefficient (Wildman–Crippen LogP) is 2.76. The van der Waals surface area contributed by atoms with Crippen molar-refractivity contribution >= 4 is 17.4 Å². The van der Waals surface area contributed by atoms with Crippen LogP contribution in [0.15, 0.2) is 24.3 Å². The van der Waals surface area contributed by atoms with Crippen molar-refractivity contribution in [3.8, 4) is 0 Å². The van der Waals surface area contributed by atoms with E-state index >= 15 is 0 Å². The zero-order chi connectivity index (χ0) is 17.3. The van der Waals surface area contributed by atoms with Crippen LogP contribution in [0.25, 0.3) is 0 Å². The summed E-state index contributed by atoms with van der Waals surface area (Å²) in [7, 11) is 0. The maximum absolute atomic E-state index is 12.1. The number of benzene rings is 1. The molecule has 0 spiro atoms. The molecule has 2 rings (SSSR count). The number of Topliss-reactive ketones (excluding diaryl/α,β-unsaturated/α-hetero) is 1. The van der Waals surface area contributed by atoms with Gasteiger partial charge in [-0.3, -0.25) is 9.59 Å². The summed E-state index contributed by atoms with van der Waals surface area (Å²) in [5, 5.41) is 6.11. The highest BCUT2D eigenvalue weighted by atomic mass is 16.5. The maximum Gasteiger partial charge on any atom is 0.238 e. The first-order chi connectivity index (χ1) is 10.6. The van der Waals surface area contributed by atoms with E-state index in [1.807, 2.05) is 13.8 Å². The molecular formula is C18H26N2O3. The average molecular weight is 318 g/mol. The number of rotatable bonds is 5. The highest BCUT2D eigenvalue weighted by Crippen LogP contribution is 2.37. The second kappa shape index (κ2) is 6.42. The second-order valence-electron chi connectivity index (χ2n) is 7.28. The molecule has 2 N–H and O–H groups in total. The molecule has 1 aromatic carbocycles. The number of amides is 1. The first-order valence-corrected chi connectivity index (χ1v) is 7.93. The molecule has 126 valence electrons. The standard InChI is InChI=1S/C18H26N2O3/c1-12(21)13-6-8-14(9-7-13)20-16(22)11-19-15-10-17(2,3)23-18(15,4)5/h6-9,15,19H,10-11H2,1-5H3,(H,20,22)/t15-/m1/s1. The van der Waals surface area contributed by atoms with Gasteiger partial charge in [0.1, 0.15) is 0 Å². The largest absolute Gasteiger partial charge is 0.368 e. The molecule has 0 unspecified atom stereocenters. The third kappa shape index (κ3) is 4.62. The van der Waals surface area contributed by atoms with Gasteiger partial charge < -0.3 is 15.4 Å². The van der Waals surface area contributed by atoms with E-state index in [0.29, 0.717) is 11.3 Å². The van der Waals surface area contributed by atoms with Gasteiger partial charge in [-0.15, -0.1) is 0 Å². The van der Waals surface area contributed by atoms with Crippen LogP contribution in [0.4, 0.5) is 5.69 Å². The Kier molecular flexibility index (Phi) is 4.92. The molecule has 1 aliphatic heterocycles. The van der Waals surface area contributed by atoms with E-state index in [1.54, 1.807) is 24.3 Å². The number of carbonyl (C=O) groups excluding carboxylic acids is 2. The predicted molar refractivity (Wildman–Crippen MR) is 90.7 cm³/mol. The van der Waals surface area contributed by atoms with E-state index in [9.17, 15) is 9.59 Å². The van der Waals surface area contributed by atoms with Crippen LogP contribution in [0.1, 0.15) is 51.4 Å². The number of hydrogen-bond donors (Lipinski definition) is 2. The fourth-order valence-corrected chi connectivity index (χ4v) is 3.09. The highest BCUT2D eigenvalue weighted by Gasteiger charge is 2.45. The Labute approximate surface area is 137 Å². The molecule has 0 radical (unpaired) electrons. The van der Waals surface area contributed by atoms with Gasteiger partial charge in [0.25, 0.3) is 0 Å². The number of hydrogen-bond acceptors (Lipinski definition) is 4. The molecule has 1 aliphatic rings. The van der Waals surface area contributed by atoms with Crippen LogP contribution in [0.3, 0.4) is 0 Å². The molecule has 23 heavy (non-hydrogen) atoms. The topological polar surface area (TPSA) is 67.4 Å². The fraction of sp³-hybridized carbons (Fsp3) is 0.556. The van der Waals surface area contributed by atoms with Crippen molar-refractivity contribution in [1.82, 2.24) is 5.32 Å². The lowest BCUT2D eigenvalue weighted by molar-refractivity contribution is -0.115. The maximum atomic E-state index is 12.1. The van der Waals surface area contributed by atoms with Crippen molar-refractivity contribution in [2.24, 2.45) is 0 Å². The zero-order valence-electron chi connectivity index (χ0n) is 14.5. The third-order valence-electron chi connectivity index (χ3n) is 4.16. The van der Waals surface area contributed by atoms with Gasteiger partial charge in [-0.1, -0.05) is 0 Å². The minimum Gasteiger partial charge on any atom is -0.368 e. The molecule has 0 aliphatic carbocycles. The average Bonchev–Trinajstić information content (AvgIpc) is 2.64. The van der Waals surface area contributed by atoms with Crippen molar-refractivity contribution in [3.63, 3.8) is 0 Å². The van der Waals surface area contributed by atoms with E-state index in [4.69, 9.17) is 4.74 Å². The lowest BCUT2D eigenvalue weighted by Gasteiger charge is -2.27. The number of carbonyl (C=O) groups is 2. The van der Waals surface area contributed by atoms with Crippen LogP contribution >= 0.6 is 0 Å². The van der Waals surface area contributed by atoms with Gasteiger partial charge in [-0.05, 0) is 65.3 Å². The van der Waals surface area contributed by atoms with Crippen molar-refractivity contribution in [3.05, 3.63) is 29.8 Å². The molecule has 1 saturated heterocycles. The highest BCUT2D eigenvalue weighted by molar-refractivity contribution is 5.96. The summed E-state index contributed by atoms with van der Waals surface area (Å²) in [5.41, 5.74) is 0.838. The zero-order valence-corrected chi connectivity index (χ0v) is 14.5. The van der Waals surface area contributed by atoms with Crippen LogP contribution in [-0.2, 0) is 9.53 Å². The van der Waals surface area contributed by atoms with Crippen LogP contribution in [0, 0.1) is 0 Å². The quantitative estimate of drug-likeness (QED) is 0.819. The van der Waals surface area contributed by atoms with Crippen LogP contribution in [0.2, 0.25) is 0 Å². The van der Waals surface area contributed by atoms with E-state index in [-0.39, 0.29) is 35.5 Å². The Hall–Kier alpha value is -1.72. The Morgan fingerprint density at radius 1 is 1.17 bits per heavy atom. The lowest BCUT2D eigenvalue weighted by Crippen LogP contribution is -2.46. The van der Waals surface area contributed by atoms with Crippen LogP contribution in [-0.4, -0.2) is 35.5 Å². The Morgan fingerprint density at radius 2 is 1.78 bits per heavy atom. The van der Waals surface area contributed by atoms with Crippen LogP contribution < -0.4 is 10.6 Å². The van der Waals surface area contributed by atoms with Crippen LogP contribution in [0.5, 0.6) is 0 Å². The van der Waals surface area contributed by atoms with Gasteiger partial charge in [-0.25, -0.2) is 0 Å². The summed E-state index contributed by atoms with van der Waals surface area (Å²) in [6, 6.07) is 7.02. The van der Waals surface area contributed by atoms with E-state index in [1.165, 1.54) is 6.92 Å². The number of anilines is 1. The van der Waals surface area contributed by atoms with Gasteiger partial charge in [0.2, 0.25) is 5.91 Å². The summed E-state index contributed by atoms with van der Waals surface area (Å²) in [6.45, 7) is 9.95. The number of ether oxygens (including phenoxy) is 1. The summed E-state index contributed by atoms with van der Waals surface area (Å²) in [4.78, 5) is 23.3. The van der Waals surface area contributed by atoms with Crippen molar-refractivity contribution < 1.29 is 14.3 Å². The molecule has 0 aromatic heterocycles. The number of ketones is 1. The second-order valence-corrected chi connectivity index (χ2v) is 7.28. The summed E-state index contributed by atoms with van der Waals surface area (Å²) in [5.74, 6) is -0.100. The van der Waals surface area contributed by atoms with Gasteiger partial charge >= 0.3 is 0 Å². The summed E-state index contributed by atoms with van der Waals surface area (Å²) in [6.07, 6.45) is 0.862. The van der Waals surface area contributed by atoms with E-state index in [2.05, 4.69) is 24.5 Å². The first kappa shape index (κ1) is 17.6. The molecule has 0 saturated carbocycles. The van der Waals surface area contributed by atoms with Crippen molar-refractivity contribution in [1.29, 1.82) is 0 Å². The Balaban J connectivity index is 1.87. The molecule has 5 nitrogen and oxygen atoms in total. The number of nitrogens with one attached hydrogen (secondary N) is 2. The summed E-state index contributed by atoms with van der Waals surface area (Å²) < 4.78 is 6.01. The SMILES string of the molecule is CC(=O)c1ccc(NC(=O)CN[C@@H]2CC(C)(C)OC2(C)C)cc1. The molecule has 5 heteroatoms. The molecule has 1 fully saturated rings. The smallest absolute Gasteiger partial charge is 0.238 e. The lowest BCUT2D eigenvalue weighted by atomic mass is 9.94. The van der Waals surface area contributed by atoms with Crippen molar-refractivity contribution in [2.45, 2.75) is 58.3 Å². The van der Waals surface area contributed by atoms with Gasteiger partial charge in [0, 0.05) is 17.3 Å². The normalized spacial score (nSPS) is 21.9. The Morgan fingerprint density at radius 3 is 2.26 bits per heavy atom. The summed E-state index contributed by atoms with van der Waals surface area (Å²) >= 11 is 0. The monoisotopic (exact) mass is 318 g/mol.